The average molecular weight is 218 g/mol. The molecule has 0 amide bonds. The summed E-state index contributed by atoms with van der Waals surface area (Å²) in [6.45, 7) is 2.35. The lowest BCUT2D eigenvalue weighted by atomic mass is 10.2. The van der Waals surface area contributed by atoms with Crippen LogP contribution < -0.4 is 4.74 Å². The van der Waals surface area contributed by atoms with E-state index in [-0.39, 0.29) is 0 Å². The molecule has 4 heteroatoms. The monoisotopic (exact) mass is 218 g/mol. The number of carbonyl (C=O) groups excluding carboxylic acids is 1. The minimum Gasteiger partial charge on any atom is -0.488 e. The van der Waals surface area contributed by atoms with Crippen molar-refractivity contribution in [3.8, 4) is 5.75 Å². The number of hydrogen-bond donors (Lipinski definition) is 0. The van der Waals surface area contributed by atoms with Gasteiger partial charge in [-0.25, -0.2) is 9.79 Å². The van der Waals surface area contributed by atoms with E-state index < -0.39 is 0 Å². The van der Waals surface area contributed by atoms with Crippen molar-refractivity contribution in [2.24, 2.45) is 4.99 Å². The highest BCUT2D eigenvalue weighted by Gasteiger charge is 2.24. The molecule has 0 aliphatic carbocycles. The molecule has 1 heterocycles. The van der Waals surface area contributed by atoms with Crippen LogP contribution in [0.5, 0.6) is 5.75 Å². The fourth-order valence-corrected chi connectivity index (χ4v) is 1.71. The van der Waals surface area contributed by atoms with Crippen LogP contribution in [0, 0.1) is 0 Å². The van der Waals surface area contributed by atoms with Crippen LogP contribution in [0.2, 0.25) is 0 Å². The third kappa shape index (κ3) is 2.69. The molecule has 1 saturated heterocycles. The van der Waals surface area contributed by atoms with Crippen molar-refractivity contribution in [3.05, 3.63) is 29.8 Å². The van der Waals surface area contributed by atoms with E-state index in [2.05, 4.69) is 16.9 Å². The smallest absolute Gasteiger partial charge is 0.235 e. The lowest BCUT2D eigenvalue weighted by Crippen LogP contribution is -2.51. The first-order chi connectivity index (χ1) is 7.78. The molecule has 16 heavy (non-hydrogen) atoms. The largest absolute Gasteiger partial charge is 0.488 e. The third-order valence-electron chi connectivity index (χ3n) is 2.58. The van der Waals surface area contributed by atoms with E-state index in [1.807, 2.05) is 24.3 Å². The Bertz CT molecular complexity index is 390. The van der Waals surface area contributed by atoms with Crippen molar-refractivity contribution in [2.45, 2.75) is 12.6 Å². The van der Waals surface area contributed by atoms with Crippen LogP contribution in [0.15, 0.2) is 29.3 Å². The quantitative estimate of drug-likeness (QED) is 0.563. The Morgan fingerprint density at radius 1 is 1.44 bits per heavy atom. The van der Waals surface area contributed by atoms with E-state index in [1.54, 1.807) is 0 Å². The minimum atomic E-state index is 0.309. The molecule has 0 spiro atoms. The van der Waals surface area contributed by atoms with Gasteiger partial charge in [0, 0.05) is 13.1 Å². The van der Waals surface area contributed by atoms with Gasteiger partial charge in [-0.05, 0) is 24.7 Å². The van der Waals surface area contributed by atoms with Crippen LogP contribution in [-0.4, -0.2) is 37.2 Å². The van der Waals surface area contributed by atoms with Crippen LogP contribution in [0.25, 0.3) is 0 Å². The first kappa shape index (κ1) is 10.9. The molecular weight excluding hydrogens is 204 g/mol. The highest BCUT2D eigenvalue weighted by atomic mass is 16.5. The molecule has 1 fully saturated rings. The molecule has 1 aromatic rings. The first-order valence-corrected chi connectivity index (χ1v) is 5.25. The summed E-state index contributed by atoms with van der Waals surface area (Å²) in [6, 6.07) is 7.65. The fourth-order valence-electron chi connectivity index (χ4n) is 1.71. The molecule has 0 aromatic heterocycles. The minimum absolute atomic E-state index is 0.309. The summed E-state index contributed by atoms with van der Waals surface area (Å²) in [6.07, 6.45) is 1.83. The predicted molar refractivity (Wildman–Crippen MR) is 60.2 cm³/mol. The van der Waals surface area contributed by atoms with Gasteiger partial charge in [0.1, 0.15) is 11.9 Å². The number of hydrogen-bond acceptors (Lipinski definition) is 4. The van der Waals surface area contributed by atoms with E-state index in [4.69, 9.17) is 4.74 Å². The predicted octanol–water partition coefficient (Wildman–Crippen LogP) is 1.22. The number of ether oxygens (including phenoxy) is 1. The zero-order valence-electron chi connectivity index (χ0n) is 9.22. The maximum Gasteiger partial charge on any atom is 0.235 e. The molecule has 0 atom stereocenters. The summed E-state index contributed by atoms with van der Waals surface area (Å²) in [5.74, 6) is 0.872. The molecule has 1 aliphatic heterocycles. The van der Waals surface area contributed by atoms with E-state index in [1.165, 1.54) is 6.08 Å². The number of nitrogens with zero attached hydrogens (tertiary/aromatic N) is 2. The van der Waals surface area contributed by atoms with Gasteiger partial charge in [0.15, 0.2) is 0 Å². The standard InChI is InChI=1S/C12H14N2O2/c1-14-7-12(8-14)16-11-4-2-10(3-5-11)6-13-9-15/h2-5,12H,6-8H2,1H3. The molecule has 84 valence electrons. The van der Waals surface area contributed by atoms with Gasteiger partial charge in [0.25, 0.3) is 0 Å². The van der Waals surface area contributed by atoms with Crippen LogP contribution in [0.3, 0.4) is 0 Å². The van der Waals surface area contributed by atoms with Gasteiger partial charge in [-0.2, -0.15) is 0 Å². The summed E-state index contributed by atoms with van der Waals surface area (Å²) in [7, 11) is 2.07. The second-order valence-electron chi connectivity index (χ2n) is 4.01. The molecule has 0 unspecified atom stereocenters. The van der Waals surface area contributed by atoms with Gasteiger partial charge in [0.2, 0.25) is 6.08 Å². The Morgan fingerprint density at radius 2 is 2.12 bits per heavy atom. The second kappa shape index (κ2) is 4.92. The lowest BCUT2D eigenvalue weighted by molar-refractivity contribution is 0.0388. The Morgan fingerprint density at radius 3 is 2.69 bits per heavy atom. The average Bonchev–Trinajstić information content (AvgIpc) is 2.26. The Hall–Kier alpha value is -1.64. The number of aliphatic imine (C=N–C) groups is 1. The summed E-state index contributed by atoms with van der Waals surface area (Å²) in [4.78, 5) is 15.7. The Labute approximate surface area is 94.5 Å². The third-order valence-corrected chi connectivity index (χ3v) is 2.58. The van der Waals surface area contributed by atoms with Crippen LogP contribution in [0.1, 0.15) is 5.56 Å². The second-order valence-corrected chi connectivity index (χ2v) is 4.01. The topological polar surface area (TPSA) is 41.9 Å². The zero-order chi connectivity index (χ0) is 11.4. The molecule has 0 bridgehead atoms. The van der Waals surface area contributed by atoms with Crippen molar-refractivity contribution in [1.82, 2.24) is 4.90 Å². The number of likely N-dealkylation sites (N-methyl/N-ethyl adjacent to an activating group) is 1. The lowest BCUT2D eigenvalue weighted by Gasteiger charge is -2.35. The van der Waals surface area contributed by atoms with Crippen molar-refractivity contribution >= 4 is 6.08 Å². The van der Waals surface area contributed by atoms with E-state index >= 15 is 0 Å². The van der Waals surface area contributed by atoms with E-state index in [0.29, 0.717) is 12.6 Å². The molecular formula is C12H14N2O2. The van der Waals surface area contributed by atoms with Crippen molar-refractivity contribution in [3.63, 3.8) is 0 Å². The maximum absolute atomic E-state index is 9.95. The highest BCUT2D eigenvalue weighted by Crippen LogP contribution is 2.17. The molecule has 1 aliphatic rings. The van der Waals surface area contributed by atoms with Gasteiger partial charge in [-0.3, -0.25) is 4.90 Å². The molecule has 4 nitrogen and oxygen atoms in total. The molecule has 2 rings (SSSR count). The van der Waals surface area contributed by atoms with Crippen molar-refractivity contribution in [2.75, 3.05) is 20.1 Å². The van der Waals surface area contributed by atoms with Crippen LogP contribution in [-0.2, 0) is 11.3 Å². The SMILES string of the molecule is CN1CC(Oc2ccc(CN=C=O)cc2)C1. The van der Waals surface area contributed by atoms with Gasteiger partial charge >= 0.3 is 0 Å². The molecule has 0 N–H and O–H groups in total. The van der Waals surface area contributed by atoms with Gasteiger partial charge in [0.05, 0.1) is 6.54 Å². The van der Waals surface area contributed by atoms with Crippen molar-refractivity contribution in [1.29, 1.82) is 0 Å². The Kier molecular flexibility index (Phi) is 3.34. The van der Waals surface area contributed by atoms with Crippen molar-refractivity contribution < 1.29 is 9.53 Å². The van der Waals surface area contributed by atoms with Gasteiger partial charge in [-0.15, -0.1) is 0 Å². The molecule has 0 radical (unpaired) electrons. The molecule has 0 saturated carbocycles. The fraction of sp³-hybridized carbons (Fsp3) is 0.417. The number of likely N-dealkylation sites (tertiary alicyclic amines) is 1. The summed E-state index contributed by atoms with van der Waals surface area (Å²) >= 11 is 0. The van der Waals surface area contributed by atoms with E-state index in [9.17, 15) is 4.79 Å². The number of benzene rings is 1. The highest BCUT2D eigenvalue weighted by molar-refractivity contribution is 5.34. The maximum atomic E-state index is 9.95. The summed E-state index contributed by atoms with van der Waals surface area (Å²) < 4.78 is 5.73. The van der Waals surface area contributed by atoms with Crippen LogP contribution in [0.4, 0.5) is 0 Å². The van der Waals surface area contributed by atoms with Gasteiger partial charge < -0.3 is 4.74 Å². The van der Waals surface area contributed by atoms with Crippen LogP contribution >= 0.6 is 0 Å². The Balaban J connectivity index is 1.89. The summed E-state index contributed by atoms with van der Waals surface area (Å²) in [5, 5.41) is 0. The van der Waals surface area contributed by atoms with E-state index in [0.717, 1.165) is 24.4 Å². The zero-order valence-corrected chi connectivity index (χ0v) is 9.22. The molecule has 1 aromatic carbocycles. The number of isocyanates is 1. The summed E-state index contributed by atoms with van der Waals surface area (Å²) in [5.41, 5.74) is 0.987. The normalized spacial score (nSPS) is 16.3. The number of rotatable bonds is 4. The first-order valence-electron chi connectivity index (χ1n) is 5.25. The van der Waals surface area contributed by atoms with Gasteiger partial charge in [-0.1, -0.05) is 12.1 Å².